The first-order valence-electron chi connectivity index (χ1n) is 9.27. The van der Waals surface area contributed by atoms with E-state index in [9.17, 15) is 9.59 Å². The molecule has 0 fully saturated rings. The Morgan fingerprint density at radius 3 is 2.52 bits per heavy atom. The van der Waals surface area contributed by atoms with Gasteiger partial charge in [-0.3, -0.25) is 9.59 Å². The largest absolute Gasteiger partial charge is 0.495 e. The van der Waals surface area contributed by atoms with Crippen LogP contribution in [0.5, 0.6) is 5.75 Å². The predicted molar refractivity (Wildman–Crippen MR) is 117 cm³/mol. The van der Waals surface area contributed by atoms with E-state index in [1.807, 2.05) is 5.38 Å². The molecule has 150 valence electrons. The number of carbonyl (C=O) groups is 2. The molecule has 0 unspecified atom stereocenters. The van der Waals surface area contributed by atoms with Gasteiger partial charge in [-0.15, -0.1) is 11.3 Å². The Balaban J connectivity index is 1.69. The Hall–Kier alpha value is -3.19. The van der Waals surface area contributed by atoms with Gasteiger partial charge in [-0.25, -0.2) is 4.98 Å². The zero-order valence-electron chi connectivity index (χ0n) is 16.6. The Morgan fingerprint density at radius 1 is 1.10 bits per heavy atom. The number of carbonyl (C=O) groups excluding carboxylic acids is 2. The normalized spacial score (nSPS) is 10.4. The monoisotopic (exact) mass is 409 g/mol. The Bertz CT molecular complexity index is 1010. The maximum atomic E-state index is 12.5. The lowest BCUT2D eigenvalue weighted by Crippen LogP contribution is -2.15. The van der Waals surface area contributed by atoms with Gasteiger partial charge in [0, 0.05) is 23.6 Å². The van der Waals surface area contributed by atoms with Gasteiger partial charge in [0.25, 0.3) is 0 Å². The molecule has 1 heterocycles. The van der Waals surface area contributed by atoms with Crippen molar-refractivity contribution in [2.24, 2.45) is 0 Å². The third-order valence-electron chi connectivity index (χ3n) is 4.30. The smallest absolute Gasteiger partial charge is 0.230 e. The van der Waals surface area contributed by atoms with Crippen molar-refractivity contribution in [2.45, 2.75) is 26.7 Å². The molecule has 0 saturated carbocycles. The van der Waals surface area contributed by atoms with Crippen LogP contribution in [-0.4, -0.2) is 23.9 Å². The number of nitrogens with zero attached hydrogens (tertiary/aromatic N) is 1. The van der Waals surface area contributed by atoms with Crippen LogP contribution in [0.25, 0.3) is 10.6 Å². The number of benzene rings is 2. The molecule has 0 aliphatic rings. The highest BCUT2D eigenvalue weighted by molar-refractivity contribution is 7.13. The molecular weight excluding hydrogens is 386 g/mol. The summed E-state index contributed by atoms with van der Waals surface area (Å²) < 4.78 is 5.30. The van der Waals surface area contributed by atoms with Crippen LogP contribution in [0.1, 0.15) is 25.1 Å². The molecule has 0 saturated heterocycles. The molecule has 7 heteroatoms. The van der Waals surface area contributed by atoms with Crippen molar-refractivity contribution in [3.8, 4) is 16.3 Å². The number of aryl methyl sites for hydroxylation is 1. The maximum Gasteiger partial charge on any atom is 0.230 e. The molecule has 2 N–H and O–H groups in total. The fourth-order valence-corrected chi connectivity index (χ4v) is 3.68. The fourth-order valence-electron chi connectivity index (χ4n) is 2.85. The van der Waals surface area contributed by atoms with Gasteiger partial charge in [-0.05, 0) is 30.2 Å². The number of methoxy groups -OCH3 is 1. The molecule has 29 heavy (non-hydrogen) atoms. The number of hydrogen-bond donors (Lipinski definition) is 2. The topological polar surface area (TPSA) is 80.3 Å². The highest BCUT2D eigenvalue weighted by atomic mass is 32.1. The average Bonchev–Trinajstić information content (AvgIpc) is 3.16. The minimum atomic E-state index is -0.207. The van der Waals surface area contributed by atoms with Crippen LogP contribution < -0.4 is 15.4 Å². The molecule has 0 spiro atoms. The predicted octanol–water partition coefficient (Wildman–Crippen LogP) is 4.52. The minimum absolute atomic E-state index is 0.150. The summed E-state index contributed by atoms with van der Waals surface area (Å²) in [6, 6.07) is 13.4. The van der Waals surface area contributed by atoms with Crippen LogP contribution >= 0.6 is 11.3 Å². The zero-order chi connectivity index (χ0) is 20.8. The number of anilines is 2. The summed E-state index contributed by atoms with van der Waals surface area (Å²) in [6.45, 7) is 3.55. The summed E-state index contributed by atoms with van der Waals surface area (Å²) in [6.07, 6.45) is 1.15. The molecule has 0 radical (unpaired) electrons. The van der Waals surface area contributed by atoms with E-state index in [0.29, 0.717) is 22.8 Å². The second kappa shape index (κ2) is 9.34. The minimum Gasteiger partial charge on any atom is -0.495 e. The van der Waals surface area contributed by atoms with Gasteiger partial charge in [0.05, 0.1) is 24.9 Å². The number of rotatable bonds is 7. The van der Waals surface area contributed by atoms with E-state index in [4.69, 9.17) is 4.74 Å². The lowest BCUT2D eigenvalue weighted by Gasteiger charge is -2.12. The SMILES string of the molecule is CCc1ccc(-c2nc(CC(=O)Nc3cc(NC(C)=O)ccc3OC)cs2)cc1. The highest BCUT2D eigenvalue weighted by Gasteiger charge is 2.13. The number of ether oxygens (including phenoxy) is 1. The van der Waals surface area contributed by atoms with Crippen molar-refractivity contribution in [1.82, 2.24) is 4.98 Å². The number of aromatic nitrogens is 1. The van der Waals surface area contributed by atoms with E-state index in [-0.39, 0.29) is 18.2 Å². The molecular formula is C22H23N3O3S. The lowest BCUT2D eigenvalue weighted by atomic mass is 10.1. The van der Waals surface area contributed by atoms with E-state index in [1.165, 1.54) is 30.9 Å². The fraction of sp³-hybridized carbons (Fsp3) is 0.227. The van der Waals surface area contributed by atoms with Crippen LogP contribution in [-0.2, 0) is 22.4 Å². The van der Waals surface area contributed by atoms with Gasteiger partial charge in [-0.1, -0.05) is 31.2 Å². The van der Waals surface area contributed by atoms with Crippen molar-refractivity contribution < 1.29 is 14.3 Å². The summed E-state index contributed by atoms with van der Waals surface area (Å²) in [7, 11) is 1.53. The molecule has 6 nitrogen and oxygen atoms in total. The summed E-state index contributed by atoms with van der Waals surface area (Å²) in [5.74, 6) is 0.123. The second-order valence-corrected chi connectivity index (χ2v) is 7.37. The standard InChI is InChI=1S/C22H23N3O3S/c1-4-15-5-7-16(8-6-15)22-24-18(13-29-22)12-21(27)25-19-11-17(23-14(2)26)9-10-20(19)28-3/h5-11,13H,4,12H2,1-3H3,(H,23,26)(H,25,27). The maximum absolute atomic E-state index is 12.5. The number of thiazole rings is 1. The molecule has 0 atom stereocenters. The average molecular weight is 410 g/mol. The number of amides is 2. The molecule has 1 aromatic heterocycles. The van der Waals surface area contributed by atoms with Gasteiger partial charge in [-0.2, -0.15) is 0 Å². The first kappa shape index (κ1) is 20.5. The van der Waals surface area contributed by atoms with Gasteiger partial charge < -0.3 is 15.4 Å². The van der Waals surface area contributed by atoms with E-state index in [1.54, 1.807) is 18.2 Å². The molecule has 2 amide bonds. The van der Waals surface area contributed by atoms with Crippen LogP contribution in [0.15, 0.2) is 47.8 Å². The van der Waals surface area contributed by atoms with Crippen molar-refractivity contribution in [1.29, 1.82) is 0 Å². The summed E-state index contributed by atoms with van der Waals surface area (Å²) in [4.78, 5) is 28.4. The van der Waals surface area contributed by atoms with Gasteiger partial charge in [0.2, 0.25) is 11.8 Å². The number of nitrogens with one attached hydrogen (secondary N) is 2. The van der Waals surface area contributed by atoms with Crippen molar-refractivity contribution >= 4 is 34.5 Å². The van der Waals surface area contributed by atoms with Gasteiger partial charge >= 0.3 is 0 Å². The van der Waals surface area contributed by atoms with Crippen molar-refractivity contribution in [3.63, 3.8) is 0 Å². The Kier molecular flexibility index (Phi) is 6.61. The third kappa shape index (κ3) is 5.42. The zero-order valence-corrected chi connectivity index (χ0v) is 17.4. The summed E-state index contributed by atoms with van der Waals surface area (Å²) in [5, 5.41) is 8.32. The molecule has 0 bridgehead atoms. The Morgan fingerprint density at radius 2 is 1.86 bits per heavy atom. The lowest BCUT2D eigenvalue weighted by molar-refractivity contribution is -0.116. The van der Waals surface area contributed by atoms with E-state index >= 15 is 0 Å². The third-order valence-corrected chi connectivity index (χ3v) is 5.24. The van der Waals surface area contributed by atoms with Crippen LogP contribution in [0, 0.1) is 0 Å². The number of hydrogen-bond acceptors (Lipinski definition) is 5. The van der Waals surface area contributed by atoms with Crippen LogP contribution in [0.4, 0.5) is 11.4 Å². The quantitative estimate of drug-likeness (QED) is 0.601. The van der Waals surface area contributed by atoms with Gasteiger partial charge in [0.1, 0.15) is 10.8 Å². The van der Waals surface area contributed by atoms with Crippen LogP contribution in [0.3, 0.4) is 0 Å². The highest BCUT2D eigenvalue weighted by Crippen LogP contribution is 2.28. The second-order valence-electron chi connectivity index (χ2n) is 6.52. The van der Waals surface area contributed by atoms with E-state index in [2.05, 4.69) is 46.8 Å². The first-order chi connectivity index (χ1) is 14.0. The molecule has 0 aliphatic heterocycles. The first-order valence-corrected chi connectivity index (χ1v) is 10.2. The van der Waals surface area contributed by atoms with Gasteiger partial charge in [0.15, 0.2) is 0 Å². The molecule has 2 aromatic carbocycles. The molecule has 3 rings (SSSR count). The van der Waals surface area contributed by atoms with E-state index < -0.39 is 0 Å². The van der Waals surface area contributed by atoms with Crippen LogP contribution in [0.2, 0.25) is 0 Å². The van der Waals surface area contributed by atoms with Crippen molar-refractivity contribution in [2.75, 3.05) is 17.7 Å². The van der Waals surface area contributed by atoms with E-state index in [0.717, 1.165) is 17.0 Å². The van der Waals surface area contributed by atoms with Crippen molar-refractivity contribution in [3.05, 3.63) is 59.1 Å². The molecule has 3 aromatic rings. The summed E-state index contributed by atoms with van der Waals surface area (Å²) in [5.41, 5.74) is 4.11. The molecule has 0 aliphatic carbocycles. The Labute approximate surface area is 173 Å². The summed E-state index contributed by atoms with van der Waals surface area (Å²) >= 11 is 1.52.